The van der Waals surface area contributed by atoms with E-state index in [1.54, 1.807) is 25.1 Å². The van der Waals surface area contributed by atoms with E-state index in [0.717, 1.165) is 24.1 Å². The lowest BCUT2D eigenvalue weighted by Crippen LogP contribution is -2.27. The van der Waals surface area contributed by atoms with Crippen molar-refractivity contribution in [3.05, 3.63) is 69.3 Å². The van der Waals surface area contributed by atoms with Crippen LogP contribution in [0, 0.1) is 23.0 Å². The lowest BCUT2D eigenvalue weighted by atomic mass is 10.0. The highest BCUT2D eigenvalue weighted by Gasteiger charge is 2.29. The van der Waals surface area contributed by atoms with Crippen molar-refractivity contribution in [2.45, 2.75) is 32.7 Å². The van der Waals surface area contributed by atoms with Gasteiger partial charge in [-0.15, -0.1) is 0 Å². The largest absolute Gasteiger partial charge is 0.346 e. The highest BCUT2D eigenvalue weighted by molar-refractivity contribution is 5.97. The normalized spacial score (nSPS) is 14.3. The zero-order chi connectivity index (χ0) is 19.6. The zero-order valence-corrected chi connectivity index (χ0v) is 15.2. The summed E-state index contributed by atoms with van der Waals surface area (Å²) >= 11 is 0. The summed E-state index contributed by atoms with van der Waals surface area (Å²) in [5, 5.41) is 16.8. The van der Waals surface area contributed by atoms with Crippen molar-refractivity contribution in [3.8, 4) is 0 Å². The molecule has 2 aromatic rings. The first-order valence-electron chi connectivity index (χ1n) is 8.82. The van der Waals surface area contributed by atoms with Crippen LogP contribution in [0.1, 0.15) is 47.3 Å². The van der Waals surface area contributed by atoms with Gasteiger partial charge < -0.3 is 10.6 Å². The minimum atomic E-state index is -0.496. The molecule has 1 aliphatic rings. The molecule has 1 atom stereocenters. The van der Waals surface area contributed by atoms with E-state index >= 15 is 0 Å². The Morgan fingerprint density at radius 3 is 2.41 bits per heavy atom. The second kappa shape index (κ2) is 7.57. The van der Waals surface area contributed by atoms with Gasteiger partial charge in [0.05, 0.1) is 11.0 Å². The van der Waals surface area contributed by atoms with Crippen LogP contribution < -0.4 is 10.6 Å². The van der Waals surface area contributed by atoms with E-state index in [4.69, 9.17) is 0 Å². The number of rotatable bonds is 6. The van der Waals surface area contributed by atoms with E-state index in [2.05, 4.69) is 10.6 Å². The molecular formula is C20H21N3O4. The number of carbonyl (C=O) groups excluding carboxylic acids is 2. The highest BCUT2D eigenvalue weighted by Crippen LogP contribution is 2.30. The van der Waals surface area contributed by atoms with Gasteiger partial charge in [-0.2, -0.15) is 0 Å². The van der Waals surface area contributed by atoms with Crippen molar-refractivity contribution < 1.29 is 14.5 Å². The maximum absolute atomic E-state index is 12.5. The fraction of sp³-hybridized carbons (Fsp3) is 0.300. The summed E-state index contributed by atoms with van der Waals surface area (Å²) in [5.41, 5.74) is 2.14. The van der Waals surface area contributed by atoms with E-state index in [1.165, 1.54) is 12.1 Å². The standard InChI is InChI=1S/C20H21N3O4/c1-12-17(4-3-5-18(12)23(26)27)20(25)21-13(2)14-8-10-16(11-9-14)22-19(24)15-6-7-15/h3-5,8-11,13,15H,6-7H2,1-2H3,(H,21,25)(H,22,24). The molecule has 2 N–H and O–H groups in total. The second-order valence-corrected chi connectivity index (χ2v) is 6.79. The Hall–Kier alpha value is -3.22. The van der Waals surface area contributed by atoms with E-state index < -0.39 is 4.92 Å². The average Bonchev–Trinajstić information content (AvgIpc) is 3.47. The topological polar surface area (TPSA) is 101 Å². The first-order valence-corrected chi connectivity index (χ1v) is 8.82. The molecule has 0 radical (unpaired) electrons. The van der Waals surface area contributed by atoms with Crippen LogP contribution in [0.25, 0.3) is 0 Å². The predicted molar refractivity (Wildman–Crippen MR) is 102 cm³/mol. The van der Waals surface area contributed by atoms with Crippen molar-refractivity contribution in [1.29, 1.82) is 0 Å². The molecule has 140 valence electrons. The van der Waals surface area contributed by atoms with E-state index in [9.17, 15) is 19.7 Å². The maximum atomic E-state index is 12.5. The number of amides is 2. The van der Waals surface area contributed by atoms with Gasteiger partial charge in [0, 0.05) is 28.8 Å². The van der Waals surface area contributed by atoms with Crippen molar-refractivity contribution in [1.82, 2.24) is 5.32 Å². The molecule has 0 saturated heterocycles. The molecule has 7 heteroatoms. The van der Waals surface area contributed by atoms with Gasteiger partial charge in [0.25, 0.3) is 11.6 Å². The van der Waals surface area contributed by atoms with E-state index in [-0.39, 0.29) is 35.0 Å². The molecule has 0 heterocycles. The first-order chi connectivity index (χ1) is 12.9. The SMILES string of the molecule is Cc1c(C(=O)NC(C)c2ccc(NC(=O)C3CC3)cc2)cccc1[N+](=O)[O-]. The van der Waals surface area contributed by atoms with Gasteiger partial charge in [-0.25, -0.2) is 0 Å². The number of anilines is 1. The van der Waals surface area contributed by atoms with Gasteiger partial charge in [0.1, 0.15) is 0 Å². The molecule has 0 aromatic heterocycles. The van der Waals surface area contributed by atoms with Gasteiger partial charge in [0.2, 0.25) is 5.91 Å². The Kier molecular flexibility index (Phi) is 5.21. The molecule has 1 fully saturated rings. The summed E-state index contributed by atoms with van der Waals surface area (Å²) in [6.45, 7) is 3.40. The number of carbonyl (C=O) groups is 2. The molecule has 27 heavy (non-hydrogen) atoms. The van der Waals surface area contributed by atoms with E-state index in [0.29, 0.717) is 5.56 Å². The van der Waals surface area contributed by atoms with Crippen LogP contribution in [0.15, 0.2) is 42.5 Å². The number of benzene rings is 2. The van der Waals surface area contributed by atoms with Crippen LogP contribution in [-0.2, 0) is 4.79 Å². The summed E-state index contributed by atoms with van der Waals surface area (Å²) in [6.07, 6.45) is 1.90. The molecule has 2 amide bonds. The lowest BCUT2D eigenvalue weighted by molar-refractivity contribution is -0.385. The van der Waals surface area contributed by atoms with Crippen molar-refractivity contribution in [3.63, 3.8) is 0 Å². The maximum Gasteiger partial charge on any atom is 0.273 e. The summed E-state index contributed by atoms with van der Waals surface area (Å²) < 4.78 is 0. The monoisotopic (exact) mass is 367 g/mol. The Balaban J connectivity index is 1.67. The van der Waals surface area contributed by atoms with Crippen LogP contribution in [-0.4, -0.2) is 16.7 Å². The fourth-order valence-corrected chi connectivity index (χ4v) is 2.87. The summed E-state index contributed by atoms with van der Waals surface area (Å²) in [7, 11) is 0. The van der Waals surface area contributed by atoms with Crippen LogP contribution in [0.3, 0.4) is 0 Å². The number of nitrogens with one attached hydrogen (secondary N) is 2. The number of nitro groups is 1. The third-order valence-electron chi connectivity index (χ3n) is 4.72. The third-order valence-corrected chi connectivity index (χ3v) is 4.72. The highest BCUT2D eigenvalue weighted by atomic mass is 16.6. The molecule has 0 spiro atoms. The third kappa shape index (κ3) is 4.31. The smallest absolute Gasteiger partial charge is 0.273 e. The lowest BCUT2D eigenvalue weighted by Gasteiger charge is -2.16. The Morgan fingerprint density at radius 1 is 1.15 bits per heavy atom. The molecule has 1 saturated carbocycles. The molecule has 1 unspecified atom stereocenters. The molecule has 7 nitrogen and oxygen atoms in total. The molecule has 0 bridgehead atoms. The Labute approximate surface area is 156 Å². The van der Waals surface area contributed by atoms with Crippen LogP contribution in [0.4, 0.5) is 11.4 Å². The van der Waals surface area contributed by atoms with Crippen LogP contribution in [0.2, 0.25) is 0 Å². The molecule has 3 rings (SSSR count). The average molecular weight is 367 g/mol. The second-order valence-electron chi connectivity index (χ2n) is 6.79. The van der Waals surface area contributed by atoms with Gasteiger partial charge in [-0.1, -0.05) is 18.2 Å². The quantitative estimate of drug-likeness (QED) is 0.600. The van der Waals surface area contributed by atoms with Crippen molar-refractivity contribution in [2.75, 3.05) is 5.32 Å². The minimum Gasteiger partial charge on any atom is -0.346 e. The summed E-state index contributed by atoms with van der Waals surface area (Å²) in [4.78, 5) is 34.9. The van der Waals surface area contributed by atoms with Crippen molar-refractivity contribution in [2.24, 2.45) is 5.92 Å². The first kappa shape index (κ1) is 18.6. The van der Waals surface area contributed by atoms with E-state index in [1.807, 2.05) is 19.1 Å². The van der Waals surface area contributed by atoms with Gasteiger partial charge >= 0.3 is 0 Å². The minimum absolute atomic E-state index is 0.0465. The fourth-order valence-electron chi connectivity index (χ4n) is 2.87. The zero-order valence-electron chi connectivity index (χ0n) is 15.2. The van der Waals surface area contributed by atoms with Crippen molar-refractivity contribution >= 4 is 23.2 Å². The number of nitrogens with zero attached hydrogens (tertiary/aromatic N) is 1. The Bertz CT molecular complexity index is 889. The molecular weight excluding hydrogens is 346 g/mol. The van der Waals surface area contributed by atoms with Gasteiger partial charge in [-0.3, -0.25) is 19.7 Å². The summed E-state index contributed by atoms with van der Waals surface area (Å²) in [6, 6.07) is 11.5. The molecule has 1 aliphatic carbocycles. The number of hydrogen-bond acceptors (Lipinski definition) is 4. The molecule has 2 aromatic carbocycles. The number of nitro benzene ring substituents is 1. The van der Waals surface area contributed by atoms with Gasteiger partial charge in [-0.05, 0) is 50.5 Å². The van der Waals surface area contributed by atoms with Crippen LogP contribution in [0.5, 0.6) is 0 Å². The summed E-state index contributed by atoms with van der Waals surface area (Å²) in [5.74, 6) is -0.180. The predicted octanol–water partition coefficient (Wildman–Crippen LogP) is 3.74. The molecule has 0 aliphatic heterocycles. The van der Waals surface area contributed by atoms with Gasteiger partial charge in [0.15, 0.2) is 0 Å². The number of hydrogen-bond donors (Lipinski definition) is 2. The Morgan fingerprint density at radius 2 is 1.81 bits per heavy atom. The van der Waals surface area contributed by atoms with Crippen LogP contribution >= 0.6 is 0 Å².